The maximum absolute atomic E-state index is 10.1. The van der Waals surface area contributed by atoms with Gasteiger partial charge in [0.05, 0.1) is 11.1 Å². The van der Waals surface area contributed by atoms with E-state index in [1.54, 1.807) is 13.8 Å². The van der Waals surface area contributed by atoms with Crippen LogP contribution >= 0.6 is 11.6 Å². The Kier molecular flexibility index (Phi) is 3.61. The largest absolute Gasteiger partial charge is 0.388 e. The summed E-state index contributed by atoms with van der Waals surface area (Å²) in [5.74, 6) is 0.499. The van der Waals surface area contributed by atoms with Gasteiger partial charge in [-0.2, -0.15) is 24.7 Å². The van der Waals surface area contributed by atoms with Gasteiger partial charge in [0.2, 0.25) is 11.2 Å². The SMILES string of the molecule is CC(C)(O)C(C)(C)Nc1nc(Cl)nc(-n2cncn2)n1. The molecule has 0 saturated carbocycles. The van der Waals surface area contributed by atoms with Gasteiger partial charge in [0, 0.05) is 0 Å². The Bertz CT molecular complexity index is 591. The number of anilines is 1. The molecule has 2 aromatic heterocycles. The van der Waals surface area contributed by atoms with Gasteiger partial charge in [-0.05, 0) is 39.3 Å². The second kappa shape index (κ2) is 4.95. The molecule has 0 unspecified atom stereocenters. The van der Waals surface area contributed by atoms with Crippen molar-refractivity contribution < 1.29 is 5.11 Å². The summed E-state index contributed by atoms with van der Waals surface area (Å²) in [5, 5.41) is 17.1. The van der Waals surface area contributed by atoms with E-state index in [0.717, 1.165) is 0 Å². The van der Waals surface area contributed by atoms with E-state index in [1.165, 1.54) is 17.3 Å². The zero-order valence-corrected chi connectivity index (χ0v) is 12.4. The zero-order chi connectivity index (χ0) is 15.0. The topological polar surface area (TPSA) is 102 Å². The molecule has 2 aromatic rings. The minimum atomic E-state index is -0.987. The standard InChI is InChI=1S/C11H16ClN7O/c1-10(2,11(3,4)20)18-8-15-7(12)16-9(17-8)19-6-13-5-14-19/h5-6,20H,1-4H3,(H,15,16,17,18). The second-order valence-corrected chi connectivity index (χ2v) is 5.72. The van der Waals surface area contributed by atoms with E-state index in [2.05, 4.69) is 30.4 Å². The number of hydrogen-bond donors (Lipinski definition) is 2. The first-order chi connectivity index (χ1) is 9.19. The molecule has 0 radical (unpaired) electrons. The molecule has 0 fully saturated rings. The molecule has 108 valence electrons. The summed E-state index contributed by atoms with van der Waals surface area (Å²) in [7, 11) is 0. The van der Waals surface area contributed by atoms with Crippen LogP contribution in [0.2, 0.25) is 5.28 Å². The molecule has 2 heterocycles. The summed E-state index contributed by atoms with van der Waals surface area (Å²) in [4.78, 5) is 16.0. The summed E-state index contributed by atoms with van der Waals surface area (Å²) in [6, 6.07) is 0. The van der Waals surface area contributed by atoms with Crippen molar-refractivity contribution in [2.45, 2.75) is 38.8 Å². The lowest BCUT2D eigenvalue weighted by molar-refractivity contribution is 0.0237. The summed E-state index contributed by atoms with van der Waals surface area (Å²) in [6.07, 6.45) is 2.82. The van der Waals surface area contributed by atoms with Crippen molar-refractivity contribution in [2.24, 2.45) is 0 Å². The molecule has 9 heteroatoms. The van der Waals surface area contributed by atoms with Crippen LogP contribution in [0, 0.1) is 0 Å². The van der Waals surface area contributed by atoms with Crippen LogP contribution in [0.3, 0.4) is 0 Å². The minimum Gasteiger partial charge on any atom is -0.388 e. The van der Waals surface area contributed by atoms with Gasteiger partial charge >= 0.3 is 0 Å². The molecule has 0 aliphatic carbocycles. The minimum absolute atomic E-state index is 0.0274. The molecule has 0 aromatic carbocycles. The highest BCUT2D eigenvalue weighted by Crippen LogP contribution is 2.24. The summed E-state index contributed by atoms with van der Waals surface area (Å²) in [6.45, 7) is 7.06. The average Bonchev–Trinajstić information content (AvgIpc) is 2.78. The molecule has 0 spiro atoms. The molecule has 0 saturated heterocycles. The van der Waals surface area contributed by atoms with Crippen LogP contribution < -0.4 is 5.32 Å². The Labute approximate surface area is 121 Å². The lowest BCUT2D eigenvalue weighted by atomic mass is 9.86. The van der Waals surface area contributed by atoms with Gasteiger partial charge < -0.3 is 10.4 Å². The van der Waals surface area contributed by atoms with Crippen LogP contribution in [0.5, 0.6) is 0 Å². The number of halogens is 1. The van der Waals surface area contributed by atoms with Crippen LogP contribution in [-0.2, 0) is 0 Å². The first-order valence-corrected chi connectivity index (χ1v) is 6.34. The van der Waals surface area contributed by atoms with Gasteiger partial charge in [0.25, 0.3) is 5.95 Å². The van der Waals surface area contributed by atoms with Crippen molar-refractivity contribution >= 4 is 17.5 Å². The fraction of sp³-hybridized carbons (Fsp3) is 0.545. The molecule has 0 aliphatic rings. The van der Waals surface area contributed by atoms with Gasteiger partial charge in [-0.1, -0.05) is 0 Å². The number of aliphatic hydroxyl groups is 1. The van der Waals surface area contributed by atoms with E-state index in [1.807, 2.05) is 13.8 Å². The Morgan fingerprint density at radius 2 is 1.90 bits per heavy atom. The smallest absolute Gasteiger partial charge is 0.258 e. The molecular weight excluding hydrogens is 282 g/mol. The van der Waals surface area contributed by atoms with Crippen LogP contribution in [0.4, 0.5) is 5.95 Å². The third-order valence-electron chi connectivity index (χ3n) is 3.17. The van der Waals surface area contributed by atoms with Crippen molar-refractivity contribution in [3.05, 3.63) is 17.9 Å². The first kappa shape index (κ1) is 14.6. The molecule has 20 heavy (non-hydrogen) atoms. The molecule has 0 aliphatic heterocycles. The molecule has 0 atom stereocenters. The number of nitrogens with zero attached hydrogens (tertiary/aromatic N) is 6. The number of aromatic nitrogens is 6. The fourth-order valence-electron chi connectivity index (χ4n) is 1.24. The van der Waals surface area contributed by atoms with Gasteiger partial charge in [-0.15, -0.1) is 0 Å². The number of nitrogens with one attached hydrogen (secondary N) is 1. The van der Waals surface area contributed by atoms with Gasteiger partial charge in [0.1, 0.15) is 12.7 Å². The van der Waals surface area contributed by atoms with E-state index >= 15 is 0 Å². The van der Waals surface area contributed by atoms with Crippen molar-refractivity contribution in [2.75, 3.05) is 5.32 Å². The third kappa shape index (κ3) is 3.02. The zero-order valence-electron chi connectivity index (χ0n) is 11.7. The molecule has 8 nitrogen and oxygen atoms in total. The second-order valence-electron chi connectivity index (χ2n) is 5.38. The van der Waals surface area contributed by atoms with E-state index in [0.29, 0.717) is 0 Å². The monoisotopic (exact) mass is 297 g/mol. The summed E-state index contributed by atoms with van der Waals surface area (Å²) >= 11 is 5.88. The Morgan fingerprint density at radius 3 is 2.45 bits per heavy atom. The van der Waals surface area contributed by atoms with Crippen molar-refractivity contribution in [3.8, 4) is 5.95 Å². The van der Waals surface area contributed by atoms with Gasteiger partial charge in [0.15, 0.2) is 0 Å². The highest BCUT2D eigenvalue weighted by atomic mass is 35.5. The molecule has 2 rings (SSSR count). The van der Waals surface area contributed by atoms with E-state index in [9.17, 15) is 5.11 Å². The molecule has 0 amide bonds. The van der Waals surface area contributed by atoms with Crippen LogP contribution in [0.15, 0.2) is 12.7 Å². The fourth-order valence-corrected chi connectivity index (χ4v) is 1.40. The predicted octanol–water partition coefficient (Wildman–Crippen LogP) is 1.07. The number of rotatable bonds is 4. The van der Waals surface area contributed by atoms with Crippen LogP contribution in [0.1, 0.15) is 27.7 Å². The Balaban J connectivity index is 2.34. The van der Waals surface area contributed by atoms with E-state index in [-0.39, 0.29) is 17.2 Å². The highest BCUT2D eigenvalue weighted by molar-refractivity contribution is 6.28. The maximum atomic E-state index is 10.1. The van der Waals surface area contributed by atoms with E-state index in [4.69, 9.17) is 11.6 Å². The highest BCUT2D eigenvalue weighted by Gasteiger charge is 2.35. The lowest BCUT2D eigenvalue weighted by Crippen LogP contribution is -2.51. The van der Waals surface area contributed by atoms with Gasteiger partial charge in [-0.3, -0.25) is 0 Å². The quantitative estimate of drug-likeness (QED) is 0.870. The van der Waals surface area contributed by atoms with Gasteiger partial charge in [-0.25, -0.2) is 4.98 Å². The predicted molar refractivity (Wildman–Crippen MR) is 73.8 cm³/mol. The summed E-state index contributed by atoms with van der Waals surface area (Å²) in [5.41, 5.74) is -1.66. The molecule has 2 N–H and O–H groups in total. The molecule has 0 bridgehead atoms. The average molecular weight is 298 g/mol. The van der Waals surface area contributed by atoms with Crippen LogP contribution in [0.25, 0.3) is 5.95 Å². The third-order valence-corrected chi connectivity index (χ3v) is 3.34. The first-order valence-electron chi connectivity index (χ1n) is 5.96. The normalized spacial score (nSPS) is 12.5. The molecular formula is C11H16ClN7O. The summed E-state index contributed by atoms with van der Waals surface area (Å²) < 4.78 is 1.37. The van der Waals surface area contributed by atoms with Crippen molar-refractivity contribution in [3.63, 3.8) is 0 Å². The number of hydrogen-bond acceptors (Lipinski definition) is 7. The Morgan fingerprint density at radius 1 is 1.20 bits per heavy atom. The van der Waals surface area contributed by atoms with Crippen molar-refractivity contribution in [1.82, 2.24) is 29.7 Å². The Hall–Kier alpha value is -1.80. The maximum Gasteiger partial charge on any atom is 0.258 e. The lowest BCUT2D eigenvalue weighted by Gasteiger charge is -2.37. The van der Waals surface area contributed by atoms with Crippen molar-refractivity contribution in [1.29, 1.82) is 0 Å². The van der Waals surface area contributed by atoms with E-state index < -0.39 is 11.1 Å². The van der Waals surface area contributed by atoms with Crippen LogP contribution in [-0.4, -0.2) is 46.0 Å².